The molecular formula is C24H25NO2S. The van der Waals surface area contributed by atoms with Gasteiger partial charge in [-0.05, 0) is 61.9 Å². The van der Waals surface area contributed by atoms with Gasteiger partial charge in [-0.15, -0.1) is 0 Å². The highest BCUT2D eigenvalue weighted by atomic mass is 32.2. The monoisotopic (exact) mass is 391 g/mol. The predicted octanol–water partition coefficient (Wildman–Crippen LogP) is 5.81. The van der Waals surface area contributed by atoms with Crippen LogP contribution < -0.4 is 0 Å². The number of nitrogens with zero attached hydrogens (tertiary/aromatic N) is 1. The van der Waals surface area contributed by atoms with Crippen molar-refractivity contribution in [3.8, 4) is 0 Å². The zero-order valence-corrected chi connectivity index (χ0v) is 17.4. The fraction of sp³-hybridized carbons (Fsp3) is 0.333. The first-order chi connectivity index (χ1) is 13.3. The van der Waals surface area contributed by atoms with Crippen molar-refractivity contribution in [3.05, 3.63) is 70.9 Å². The fourth-order valence-electron chi connectivity index (χ4n) is 5.09. The second-order valence-corrected chi connectivity index (χ2v) is 10.5. The second-order valence-electron chi connectivity index (χ2n) is 8.65. The van der Waals surface area contributed by atoms with Crippen molar-refractivity contribution < 1.29 is 8.42 Å². The van der Waals surface area contributed by atoms with E-state index in [-0.39, 0.29) is 5.41 Å². The molecule has 0 radical (unpaired) electrons. The van der Waals surface area contributed by atoms with E-state index in [1.54, 1.807) is 12.1 Å². The first-order valence-corrected chi connectivity index (χ1v) is 11.5. The smallest absolute Gasteiger partial charge is 0.241 e. The van der Waals surface area contributed by atoms with Crippen LogP contribution in [0.2, 0.25) is 0 Å². The first kappa shape index (κ1) is 17.7. The Morgan fingerprint density at radius 1 is 0.964 bits per heavy atom. The standard InChI is InChI=1S/C24H25NO2S/c1-16-11-13-17(14-12-16)28(26,27)25-15-19-18-7-4-5-8-20(18)24(2,3)21-9-6-10-22(25)23(19)21/h6,9-15H,4-5,7-8H2,1-3H3. The highest BCUT2D eigenvalue weighted by Crippen LogP contribution is 2.52. The van der Waals surface area contributed by atoms with Gasteiger partial charge in [0.05, 0.1) is 10.4 Å². The van der Waals surface area contributed by atoms with Crippen LogP contribution in [0.15, 0.2) is 59.1 Å². The van der Waals surface area contributed by atoms with Crippen LogP contribution >= 0.6 is 0 Å². The van der Waals surface area contributed by atoms with Crippen LogP contribution in [0.4, 0.5) is 0 Å². The molecule has 3 nitrogen and oxygen atoms in total. The van der Waals surface area contributed by atoms with Gasteiger partial charge in [-0.3, -0.25) is 0 Å². The number of benzene rings is 2. The van der Waals surface area contributed by atoms with Crippen molar-refractivity contribution in [3.63, 3.8) is 0 Å². The Balaban J connectivity index is 1.83. The third-order valence-corrected chi connectivity index (χ3v) is 8.28. The van der Waals surface area contributed by atoms with Crippen molar-refractivity contribution >= 4 is 26.5 Å². The number of aromatic nitrogens is 1. The molecule has 144 valence electrons. The van der Waals surface area contributed by atoms with E-state index in [1.807, 2.05) is 37.4 Å². The molecule has 5 rings (SSSR count). The molecule has 0 N–H and O–H groups in total. The van der Waals surface area contributed by atoms with Crippen LogP contribution in [-0.2, 0) is 15.4 Å². The van der Waals surface area contributed by atoms with Gasteiger partial charge >= 0.3 is 0 Å². The Bertz CT molecular complexity index is 1240. The number of rotatable bonds is 2. The van der Waals surface area contributed by atoms with Gasteiger partial charge in [0.2, 0.25) is 0 Å². The van der Waals surface area contributed by atoms with E-state index in [0.29, 0.717) is 4.90 Å². The number of aryl methyl sites for hydroxylation is 1. The molecule has 2 aliphatic rings. The zero-order chi connectivity index (χ0) is 19.7. The minimum absolute atomic E-state index is 0.0535. The average molecular weight is 392 g/mol. The van der Waals surface area contributed by atoms with Crippen LogP contribution in [0.3, 0.4) is 0 Å². The van der Waals surface area contributed by atoms with Crippen molar-refractivity contribution in [2.24, 2.45) is 0 Å². The number of hydrogen-bond donors (Lipinski definition) is 0. The summed E-state index contributed by atoms with van der Waals surface area (Å²) >= 11 is 0. The molecule has 0 fully saturated rings. The molecule has 0 bridgehead atoms. The molecule has 2 aromatic carbocycles. The van der Waals surface area contributed by atoms with Gasteiger partial charge in [0.25, 0.3) is 10.0 Å². The molecule has 1 aromatic heterocycles. The Labute approximate surface area is 166 Å². The van der Waals surface area contributed by atoms with E-state index in [0.717, 1.165) is 34.9 Å². The molecule has 0 unspecified atom stereocenters. The van der Waals surface area contributed by atoms with Crippen LogP contribution in [-0.4, -0.2) is 12.4 Å². The Morgan fingerprint density at radius 3 is 2.43 bits per heavy atom. The summed E-state index contributed by atoms with van der Waals surface area (Å²) < 4.78 is 28.5. The van der Waals surface area contributed by atoms with Gasteiger partial charge in [0, 0.05) is 22.6 Å². The van der Waals surface area contributed by atoms with Crippen molar-refractivity contribution in [2.45, 2.75) is 56.8 Å². The normalized spacial score (nSPS) is 18.4. The highest BCUT2D eigenvalue weighted by molar-refractivity contribution is 7.90. The molecule has 28 heavy (non-hydrogen) atoms. The molecule has 3 aromatic rings. The minimum atomic E-state index is -3.64. The van der Waals surface area contributed by atoms with Gasteiger partial charge in [-0.1, -0.05) is 49.2 Å². The zero-order valence-electron chi connectivity index (χ0n) is 16.6. The van der Waals surface area contributed by atoms with Gasteiger partial charge in [0.15, 0.2) is 0 Å². The van der Waals surface area contributed by atoms with Crippen molar-refractivity contribution in [2.75, 3.05) is 0 Å². The SMILES string of the molecule is Cc1ccc(S(=O)(=O)n2cc3c4c(cccc42)C(C)(C)C2=C3CCCC2)cc1. The Morgan fingerprint density at radius 2 is 1.68 bits per heavy atom. The summed E-state index contributed by atoms with van der Waals surface area (Å²) in [4.78, 5) is 0.336. The summed E-state index contributed by atoms with van der Waals surface area (Å²) in [5.74, 6) is 0. The molecule has 2 aliphatic carbocycles. The number of hydrogen-bond acceptors (Lipinski definition) is 2. The van der Waals surface area contributed by atoms with Crippen molar-refractivity contribution in [1.82, 2.24) is 3.97 Å². The van der Waals surface area contributed by atoms with Gasteiger partial charge in [-0.25, -0.2) is 12.4 Å². The lowest BCUT2D eigenvalue weighted by Gasteiger charge is -2.38. The van der Waals surface area contributed by atoms with Crippen LogP contribution in [0.25, 0.3) is 16.5 Å². The lowest BCUT2D eigenvalue weighted by molar-refractivity contribution is 0.555. The summed E-state index contributed by atoms with van der Waals surface area (Å²) in [6, 6.07) is 13.2. The van der Waals surface area contributed by atoms with E-state index >= 15 is 0 Å². The molecule has 0 atom stereocenters. The van der Waals surface area contributed by atoms with E-state index in [9.17, 15) is 8.42 Å². The third-order valence-electron chi connectivity index (χ3n) is 6.59. The quantitative estimate of drug-likeness (QED) is 0.553. The third kappa shape index (κ3) is 2.30. The lowest BCUT2D eigenvalue weighted by Crippen LogP contribution is -2.26. The van der Waals surface area contributed by atoms with Crippen LogP contribution in [0, 0.1) is 6.92 Å². The second kappa shape index (κ2) is 5.84. The van der Waals surface area contributed by atoms with E-state index in [4.69, 9.17) is 0 Å². The lowest BCUT2D eigenvalue weighted by atomic mass is 9.65. The summed E-state index contributed by atoms with van der Waals surface area (Å²) in [5.41, 5.74) is 7.02. The maximum absolute atomic E-state index is 13.5. The maximum Gasteiger partial charge on any atom is 0.268 e. The largest absolute Gasteiger partial charge is 0.268 e. The van der Waals surface area contributed by atoms with Gasteiger partial charge in [-0.2, -0.15) is 0 Å². The molecule has 0 spiro atoms. The molecule has 0 saturated heterocycles. The average Bonchev–Trinajstić information content (AvgIpc) is 3.08. The fourth-order valence-corrected chi connectivity index (χ4v) is 6.45. The Kier molecular flexibility index (Phi) is 3.70. The predicted molar refractivity (Wildman–Crippen MR) is 114 cm³/mol. The van der Waals surface area contributed by atoms with Crippen LogP contribution in [0.1, 0.15) is 56.2 Å². The summed E-state index contributed by atoms with van der Waals surface area (Å²) in [7, 11) is -3.64. The van der Waals surface area contributed by atoms with Gasteiger partial charge < -0.3 is 0 Å². The molecule has 0 amide bonds. The minimum Gasteiger partial charge on any atom is -0.241 e. The number of fused-ring (bicyclic) bond motifs is 1. The van der Waals surface area contributed by atoms with Crippen molar-refractivity contribution in [1.29, 1.82) is 0 Å². The summed E-state index contributed by atoms with van der Waals surface area (Å²) in [6.07, 6.45) is 6.41. The van der Waals surface area contributed by atoms with Gasteiger partial charge in [0.1, 0.15) is 0 Å². The summed E-state index contributed by atoms with van der Waals surface area (Å²) in [6.45, 7) is 6.54. The molecule has 4 heteroatoms. The highest BCUT2D eigenvalue weighted by Gasteiger charge is 2.38. The first-order valence-electron chi connectivity index (χ1n) is 10.0. The van der Waals surface area contributed by atoms with E-state index in [1.165, 1.54) is 33.5 Å². The number of allylic oxidation sites excluding steroid dienone is 2. The molecule has 1 heterocycles. The topological polar surface area (TPSA) is 39.1 Å². The summed E-state index contributed by atoms with van der Waals surface area (Å²) in [5, 5.41) is 1.11. The van der Waals surface area contributed by atoms with Crippen LogP contribution in [0.5, 0.6) is 0 Å². The molecule has 0 saturated carbocycles. The van der Waals surface area contributed by atoms with E-state index in [2.05, 4.69) is 19.9 Å². The molecular weight excluding hydrogens is 366 g/mol. The maximum atomic E-state index is 13.5. The Hall–Kier alpha value is -2.33. The van der Waals surface area contributed by atoms with E-state index < -0.39 is 10.0 Å². The molecule has 0 aliphatic heterocycles.